The molecule has 0 bridgehead atoms. The number of Topliss-reactive ketones (excluding diaryl/α,β-unsaturated/α-hetero) is 2. The predicted octanol–water partition coefficient (Wildman–Crippen LogP) is 2.52. The first-order valence-electron chi connectivity index (χ1n) is 4.54. The summed E-state index contributed by atoms with van der Waals surface area (Å²) in [5.41, 5.74) is 0.0238. The number of hydrogen-bond donors (Lipinski definition) is 0. The quantitative estimate of drug-likeness (QED) is 0.567. The Bertz CT molecular complexity index is 400. The molecule has 4 heteroatoms. The van der Waals surface area contributed by atoms with Gasteiger partial charge in [0.1, 0.15) is 5.78 Å². The summed E-state index contributed by atoms with van der Waals surface area (Å²) in [6, 6.07) is 2.85. The fourth-order valence-corrected chi connectivity index (χ4v) is 1.08. The highest BCUT2D eigenvalue weighted by atomic mass is 19.2. The van der Waals surface area contributed by atoms with Gasteiger partial charge in [-0.1, -0.05) is 6.92 Å². The van der Waals surface area contributed by atoms with Crippen LogP contribution in [0.4, 0.5) is 8.78 Å². The van der Waals surface area contributed by atoms with Crippen molar-refractivity contribution in [3.8, 4) is 0 Å². The van der Waals surface area contributed by atoms with Crippen molar-refractivity contribution in [2.75, 3.05) is 0 Å². The first-order valence-corrected chi connectivity index (χ1v) is 4.54. The Labute approximate surface area is 85.9 Å². The molecule has 80 valence electrons. The maximum absolute atomic E-state index is 12.7. The van der Waals surface area contributed by atoms with Gasteiger partial charge in [-0.3, -0.25) is 9.59 Å². The fourth-order valence-electron chi connectivity index (χ4n) is 1.08. The zero-order valence-corrected chi connectivity index (χ0v) is 8.22. The van der Waals surface area contributed by atoms with E-state index >= 15 is 0 Å². The number of carbonyl (C=O) groups is 2. The van der Waals surface area contributed by atoms with Crippen LogP contribution < -0.4 is 0 Å². The first kappa shape index (κ1) is 11.5. The molecule has 0 fully saturated rings. The van der Waals surface area contributed by atoms with Crippen LogP contribution in [0.15, 0.2) is 18.2 Å². The largest absolute Gasteiger partial charge is 0.299 e. The SMILES string of the molecule is CCC(=O)CC(=O)c1ccc(F)c(F)c1. The third-order valence-electron chi connectivity index (χ3n) is 1.99. The van der Waals surface area contributed by atoms with E-state index in [-0.39, 0.29) is 24.2 Å². The third-order valence-corrected chi connectivity index (χ3v) is 1.99. The molecule has 2 nitrogen and oxygen atoms in total. The van der Waals surface area contributed by atoms with Crippen LogP contribution in [0.1, 0.15) is 30.1 Å². The Morgan fingerprint density at radius 1 is 1.20 bits per heavy atom. The second kappa shape index (κ2) is 4.77. The van der Waals surface area contributed by atoms with E-state index in [1.807, 2.05) is 0 Å². The molecule has 0 aromatic heterocycles. The lowest BCUT2D eigenvalue weighted by atomic mass is 10.0. The third kappa shape index (κ3) is 2.94. The van der Waals surface area contributed by atoms with Crippen LogP contribution in [0, 0.1) is 11.6 Å². The topological polar surface area (TPSA) is 34.1 Å². The number of benzene rings is 1. The Kier molecular flexibility index (Phi) is 3.66. The number of ketones is 2. The first-order chi connectivity index (χ1) is 7.04. The van der Waals surface area contributed by atoms with Gasteiger partial charge in [0.2, 0.25) is 0 Å². The Balaban J connectivity index is 2.83. The average molecular weight is 212 g/mol. The number of halogens is 2. The molecule has 0 heterocycles. The highest BCUT2D eigenvalue weighted by molar-refractivity contribution is 6.07. The highest BCUT2D eigenvalue weighted by Gasteiger charge is 2.12. The van der Waals surface area contributed by atoms with E-state index < -0.39 is 17.4 Å². The molecule has 1 aromatic rings. The lowest BCUT2D eigenvalue weighted by Crippen LogP contribution is -2.07. The molecule has 0 saturated carbocycles. The molecule has 0 saturated heterocycles. The van der Waals surface area contributed by atoms with Gasteiger partial charge in [-0.15, -0.1) is 0 Å². The minimum Gasteiger partial charge on any atom is -0.299 e. The van der Waals surface area contributed by atoms with Crippen LogP contribution in [-0.2, 0) is 4.79 Å². The molecule has 0 amide bonds. The van der Waals surface area contributed by atoms with Gasteiger partial charge < -0.3 is 0 Å². The van der Waals surface area contributed by atoms with Gasteiger partial charge in [-0.2, -0.15) is 0 Å². The van der Waals surface area contributed by atoms with Crippen LogP contribution in [0.25, 0.3) is 0 Å². The van der Waals surface area contributed by atoms with Crippen molar-refractivity contribution in [1.29, 1.82) is 0 Å². The van der Waals surface area contributed by atoms with Gasteiger partial charge in [-0.25, -0.2) is 8.78 Å². The van der Waals surface area contributed by atoms with Gasteiger partial charge in [-0.05, 0) is 18.2 Å². The molecule has 0 spiro atoms. The zero-order chi connectivity index (χ0) is 11.4. The lowest BCUT2D eigenvalue weighted by molar-refractivity contribution is -0.117. The second-order valence-corrected chi connectivity index (χ2v) is 3.12. The summed E-state index contributed by atoms with van der Waals surface area (Å²) in [4.78, 5) is 22.3. The Hall–Kier alpha value is -1.58. The van der Waals surface area contributed by atoms with Crippen molar-refractivity contribution < 1.29 is 18.4 Å². The Morgan fingerprint density at radius 2 is 1.87 bits per heavy atom. The van der Waals surface area contributed by atoms with E-state index in [1.54, 1.807) is 6.92 Å². The van der Waals surface area contributed by atoms with Crippen LogP contribution in [0.2, 0.25) is 0 Å². The van der Waals surface area contributed by atoms with Crippen LogP contribution >= 0.6 is 0 Å². The molecule has 1 rings (SSSR count). The molecular formula is C11H10F2O2. The predicted molar refractivity (Wildman–Crippen MR) is 50.6 cm³/mol. The number of hydrogen-bond acceptors (Lipinski definition) is 2. The normalized spacial score (nSPS) is 10.1. The molecule has 1 aromatic carbocycles. The summed E-state index contributed by atoms with van der Waals surface area (Å²) < 4.78 is 25.3. The van der Waals surface area contributed by atoms with Crippen LogP contribution in [0.5, 0.6) is 0 Å². The van der Waals surface area contributed by atoms with E-state index in [9.17, 15) is 18.4 Å². The van der Waals surface area contributed by atoms with Crippen molar-refractivity contribution in [3.05, 3.63) is 35.4 Å². The monoisotopic (exact) mass is 212 g/mol. The molecule has 0 aliphatic rings. The van der Waals surface area contributed by atoms with Crippen molar-refractivity contribution in [3.63, 3.8) is 0 Å². The van der Waals surface area contributed by atoms with Crippen molar-refractivity contribution >= 4 is 11.6 Å². The van der Waals surface area contributed by atoms with E-state index in [4.69, 9.17) is 0 Å². The second-order valence-electron chi connectivity index (χ2n) is 3.12. The number of rotatable bonds is 4. The van der Waals surface area contributed by atoms with Crippen LogP contribution in [0.3, 0.4) is 0 Å². The summed E-state index contributed by atoms with van der Waals surface area (Å²) in [6.07, 6.45) is -0.00299. The van der Waals surface area contributed by atoms with E-state index in [0.717, 1.165) is 12.1 Å². The average Bonchev–Trinajstić information content (AvgIpc) is 2.21. The van der Waals surface area contributed by atoms with Gasteiger partial charge in [0.05, 0.1) is 6.42 Å². The van der Waals surface area contributed by atoms with E-state index in [1.165, 1.54) is 6.07 Å². The molecule has 0 aliphatic carbocycles. The lowest BCUT2D eigenvalue weighted by Gasteiger charge is -2.00. The summed E-state index contributed by atoms with van der Waals surface area (Å²) in [7, 11) is 0. The van der Waals surface area contributed by atoms with Crippen LogP contribution in [-0.4, -0.2) is 11.6 Å². The van der Waals surface area contributed by atoms with Gasteiger partial charge in [0.15, 0.2) is 17.4 Å². The molecule has 15 heavy (non-hydrogen) atoms. The summed E-state index contributed by atoms with van der Waals surface area (Å²) in [6.45, 7) is 1.64. The highest BCUT2D eigenvalue weighted by Crippen LogP contribution is 2.11. The number of carbonyl (C=O) groups excluding carboxylic acids is 2. The van der Waals surface area contributed by atoms with Crippen molar-refractivity contribution in [1.82, 2.24) is 0 Å². The maximum Gasteiger partial charge on any atom is 0.170 e. The van der Waals surface area contributed by atoms with Crippen molar-refractivity contribution in [2.45, 2.75) is 19.8 Å². The summed E-state index contributed by atoms with van der Waals surface area (Å²) in [5, 5.41) is 0. The molecule has 0 radical (unpaired) electrons. The van der Waals surface area contributed by atoms with Crippen molar-refractivity contribution in [2.24, 2.45) is 0 Å². The van der Waals surface area contributed by atoms with E-state index in [0.29, 0.717) is 0 Å². The van der Waals surface area contributed by atoms with Gasteiger partial charge >= 0.3 is 0 Å². The molecule has 0 atom stereocenters. The molecule has 0 aliphatic heterocycles. The zero-order valence-electron chi connectivity index (χ0n) is 8.22. The summed E-state index contributed by atoms with van der Waals surface area (Å²) in [5.74, 6) is -2.79. The van der Waals surface area contributed by atoms with E-state index in [2.05, 4.69) is 0 Å². The maximum atomic E-state index is 12.7. The minimum absolute atomic E-state index is 0.0238. The summed E-state index contributed by atoms with van der Waals surface area (Å²) >= 11 is 0. The molecule has 0 unspecified atom stereocenters. The molecular weight excluding hydrogens is 202 g/mol. The Morgan fingerprint density at radius 3 is 2.40 bits per heavy atom. The standard InChI is InChI=1S/C11H10F2O2/c1-2-8(14)6-11(15)7-3-4-9(12)10(13)5-7/h3-5H,2,6H2,1H3. The minimum atomic E-state index is -1.08. The van der Waals surface area contributed by atoms with Gasteiger partial charge in [0, 0.05) is 12.0 Å². The van der Waals surface area contributed by atoms with Gasteiger partial charge in [0.25, 0.3) is 0 Å². The molecule has 0 N–H and O–H groups in total. The fraction of sp³-hybridized carbons (Fsp3) is 0.273. The smallest absolute Gasteiger partial charge is 0.170 e.